The second-order valence-corrected chi connectivity index (χ2v) is 14.0. The predicted molar refractivity (Wildman–Crippen MR) is 169 cm³/mol. The molecule has 6 nitrogen and oxygen atoms in total. The maximum atomic E-state index is 14.1. The molecule has 0 radical (unpaired) electrons. The quantitative estimate of drug-likeness (QED) is 0.280. The number of nitrogens with one attached hydrogen (secondary N) is 3. The van der Waals surface area contributed by atoms with Gasteiger partial charge in [-0.05, 0) is 108 Å². The molecule has 224 valence electrons. The molecule has 1 aromatic carbocycles. The number of piperidine rings is 1. The zero-order valence-electron chi connectivity index (χ0n) is 25.1. The number of para-hydroxylation sites is 1. The normalized spacial score (nSPS) is 40.4. The summed E-state index contributed by atoms with van der Waals surface area (Å²) in [6.45, 7) is 5.00. The highest BCUT2D eigenvalue weighted by Gasteiger charge is 2.76. The summed E-state index contributed by atoms with van der Waals surface area (Å²) in [6.07, 6.45) is 24.9. The summed E-state index contributed by atoms with van der Waals surface area (Å²) in [5.74, 6) is 0.569. The van der Waals surface area contributed by atoms with Gasteiger partial charge in [0.05, 0.1) is 5.92 Å². The molecule has 1 saturated carbocycles. The Hall–Kier alpha value is -2.22. The Labute approximate surface area is 250 Å². The molecule has 2 spiro atoms. The molecule has 42 heavy (non-hydrogen) atoms. The van der Waals surface area contributed by atoms with Gasteiger partial charge in [0.2, 0.25) is 0 Å². The molecule has 2 saturated heterocycles. The lowest BCUT2D eigenvalue weighted by atomic mass is 9.50. The average molecular weight is 569 g/mol. The molecule has 3 N–H and O–H groups in total. The first-order chi connectivity index (χ1) is 20.7. The smallest absolute Gasteiger partial charge is 0.138 e. The first-order valence-electron chi connectivity index (χ1n) is 17.0. The molecule has 8 atom stereocenters. The third kappa shape index (κ3) is 4.40. The van der Waals surface area contributed by atoms with Crippen LogP contribution in [0, 0.1) is 22.5 Å². The maximum Gasteiger partial charge on any atom is 0.138 e. The van der Waals surface area contributed by atoms with Crippen molar-refractivity contribution in [1.82, 2.24) is 15.2 Å². The monoisotopic (exact) mass is 568 g/mol. The van der Waals surface area contributed by atoms with Crippen molar-refractivity contribution in [3.8, 4) is 0 Å². The van der Waals surface area contributed by atoms with Crippen LogP contribution in [0.5, 0.6) is 0 Å². The molecular weight excluding hydrogens is 520 g/mol. The third-order valence-corrected chi connectivity index (χ3v) is 11.8. The van der Waals surface area contributed by atoms with Crippen LogP contribution < -0.4 is 20.9 Å². The molecular formula is C36H48N4O2. The predicted octanol–water partition coefficient (Wildman–Crippen LogP) is 3.53. The number of hydroxylamine groups is 2. The van der Waals surface area contributed by atoms with Crippen LogP contribution in [0.15, 0.2) is 48.6 Å². The van der Waals surface area contributed by atoms with E-state index < -0.39 is 0 Å². The molecule has 2 aromatic rings. The third-order valence-electron chi connectivity index (χ3n) is 11.8. The molecule has 1 aliphatic carbocycles. The van der Waals surface area contributed by atoms with Crippen LogP contribution in [0.25, 0.3) is 22.7 Å². The van der Waals surface area contributed by atoms with Crippen molar-refractivity contribution in [2.75, 3.05) is 32.7 Å². The van der Waals surface area contributed by atoms with Gasteiger partial charge < -0.3 is 30.2 Å². The molecule has 6 heterocycles. The van der Waals surface area contributed by atoms with Crippen molar-refractivity contribution >= 4 is 22.7 Å². The number of fused-ring (bicyclic) bond motifs is 4. The zero-order valence-corrected chi connectivity index (χ0v) is 25.1. The number of hydrogen-bond acceptors (Lipinski definition) is 4. The summed E-state index contributed by atoms with van der Waals surface area (Å²) in [4.78, 5) is 6.55. The van der Waals surface area contributed by atoms with E-state index in [0.29, 0.717) is 23.6 Å². The summed E-state index contributed by atoms with van der Waals surface area (Å²) in [5.41, 5.74) is 2.05. The summed E-state index contributed by atoms with van der Waals surface area (Å²) in [7, 11) is 0. The van der Waals surface area contributed by atoms with Gasteiger partial charge >= 0.3 is 0 Å². The van der Waals surface area contributed by atoms with Crippen molar-refractivity contribution in [3.63, 3.8) is 0 Å². The van der Waals surface area contributed by atoms with E-state index in [1.54, 1.807) is 0 Å². The molecule has 5 aliphatic heterocycles. The van der Waals surface area contributed by atoms with Gasteiger partial charge in [-0.2, -0.15) is 0 Å². The number of hydrogen-bond donors (Lipinski definition) is 3. The fourth-order valence-electron chi connectivity index (χ4n) is 10.00. The minimum Gasteiger partial charge on any atom is -0.629 e. The van der Waals surface area contributed by atoms with E-state index >= 15 is 0 Å². The second kappa shape index (κ2) is 11.0. The van der Waals surface area contributed by atoms with Crippen LogP contribution in [-0.4, -0.2) is 60.4 Å². The molecule has 6 aliphatic rings. The van der Waals surface area contributed by atoms with E-state index in [0.717, 1.165) is 61.9 Å². The highest BCUT2D eigenvalue weighted by Crippen LogP contribution is 2.65. The maximum absolute atomic E-state index is 14.1. The van der Waals surface area contributed by atoms with Gasteiger partial charge in [-0.25, -0.2) is 0 Å². The average Bonchev–Trinajstić information content (AvgIpc) is 3.61. The van der Waals surface area contributed by atoms with Gasteiger partial charge in [-0.1, -0.05) is 42.5 Å². The first kappa shape index (κ1) is 27.3. The largest absolute Gasteiger partial charge is 0.629 e. The molecule has 6 heteroatoms. The summed E-state index contributed by atoms with van der Waals surface area (Å²) < 4.78 is 7.16. The number of aromatic amines is 1. The van der Waals surface area contributed by atoms with Gasteiger partial charge in [0.25, 0.3) is 0 Å². The highest BCUT2D eigenvalue weighted by molar-refractivity contribution is 5.81. The van der Waals surface area contributed by atoms with Gasteiger partial charge in [0.1, 0.15) is 29.3 Å². The van der Waals surface area contributed by atoms with E-state index in [2.05, 4.69) is 69.8 Å². The van der Waals surface area contributed by atoms with Crippen molar-refractivity contribution in [3.05, 3.63) is 64.3 Å². The first-order valence-corrected chi connectivity index (χ1v) is 17.0. The van der Waals surface area contributed by atoms with Crippen LogP contribution in [0.4, 0.5) is 0 Å². The van der Waals surface area contributed by atoms with Crippen molar-refractivity contribution in [2.24, 2.45) is 17.3 Å². The van der Waals surface area contributed by atoms with E-state index in [1.165, 1.54) is 62.1 Å². The highest BCUT2D eigenvalue weighted by atomic mass is 16.6. The minimum absolute atomic E-state index is 0.0724. The fraction of sp³-hybridized carbons (Fsp3) is 0.611. The Morgan fingerprint density at radius 1 is 0.929 bits per heavy atom. The van der Waals surface area contributed by atoms with Crippen molar-refractivity contribution in [1.29, 1.82) is 0 Å². The van der Waals surface area contributed by atoms with Gasteiger partial charge in [0.15, 0.2) is 0 Å². The van der Waals surface area contributed by atoms with Crippen LogP contribution in [0.1, 0.15) is 70.6 Å². The Kier molecular flexibility index (Phi) is 7.19. The summed E-state index contributed by atoms with van der Waals surface area (Å²) in [6, 6.07) is 8.91. The number of H-pyrrole nitrogens is 1. The topological polar surface area (TPSA) is 71.1 Å². The standard InChI is InChI=1S/C36H48N4O2/c41-40-24-17-27-26-15-9-10-16-29(26)38-31(27)32(40)30-28-18-23-39-22-14-8-4-2-6-12-20-36(33(30)42-36)34-35(28,25-39)19-11-5-1-3-7-13-21-37-34/h1-2,5-6,9-10,15-17,28,30,33-34,37-38,40H,3-4,7-8,11-14,18-25H2. The van der Waals surface area contributed by atoms with Gasteiger partial charge in [-0.15, -0.1) is 0 Å². The van der Waals surface area contributed by atoms with Crippen LogP contribution >= 0.6 is 0 Å². The number of benzene rings is 1. The number of quaternary nitrogens is 1. The van der Waals surface area contributed by atoms with E-state index in [9.17, 15) is 5.21 Å². The number of epoxide rings is 1. The lowest BCUT2D eigenvalue weighted by molar-refractivity contribution is -0.765. The number of aromatic nitrogens is 1. The molecule has 3 fully saturated rings. The Balaban J connectivity index is 1.33. The molecule has 8 unspecified atom stereocenters. The lowest BCUT2D eigenvalue weighted by Gasteiger charge is -2.59. The van der Waals surface area contributed by atoms with Gasteiger partial charge in [-0.3, -0.25) is 0 Å². The number of nitrogens with zero attached hydrogens (tertiary/aromatic N) is 1. The fourth-order valence-corrected chi connectivity index (χ4v) is 10.00. The number of rotatable bonds is 1. The number of allylic oxidation sites excluding steroid dienone is 4. The Bertz CT molecular complexity index is 1490. The summed E-state index contributed by atoms with van der Waals surface area (Å²) in [5, 5.41) is 22.2. The molecule has 1 aromatic heterocycles. The lowest BCUT2D eigenvalue weighted by Crippen LogP contribution is -3.07. The van der Waals surface area contributed by atoms with Gasteiger partial charge in [0, 0.05) is 34.1 Å². The Morgan fingerprint density at radius 2 is 1.74 bits per heavy atom. The molecule has 8 rings (SSSR count). The second-order valence-electron chi connectivity index (χ2n) is 14.0. The number of ether oxygens (including phenoxy) is 1. The summed E-state index contributed by atoms with van der Waals surface area (Å²) >= 11 is 0. The van der Waals surface area contributed by atoms with Crippen LogP contribution in [-0.2, 0) is 4.74 Å². The molecule has 3 bridgehead atoms. The zero-order chi connectivity index (χ0) is 28.1. The molecule has 0 amide bonds. The SMILES string of the molecule is [O-][NH+]1CC=c2c([nH]c3ccccc23)=C1C1C2CCN3CCCCC=CCCC4(OC14)C1NCCCCC=CCCC21C3. The van der Waals surface area contributed by atoms with Crippen molar-refractivity contribution < 1.29 is 9.80 Å². The van der Waals surface area contributed by atoms with Crippen LogP contribution in [0.2, 0.25) is 0 Å². The Morgan fingerprint density at radius 3 is 2.64 bits per heavy atom. The van der Waals surface area contributed by atoms with E-state index in [4.69, 9.17) is 4.74 Å². The van der Waals surface area contributed by atoms with Crippen molar-refractivity contribution in [2.45, 2.75) is 88.4 Å². The van der Waals surface area contributed by atoms with E-state index in [1.807, 2.05) is 0 Å². The van der Waals surface area contributed by atoms with E-state index in [-0.39, 0.29) is 23.0 Å². The minimum atomic E-state index is -0.207. The van der Waals surface area contributed by atoms with Crippen LogP contribution in [0.3, 0.4) is 0 Å².